The van der Waals surface area contributed by atoms with Gasteiger partial charge < -0.3 is 4.90 Å². The summed E-state index contributed by atoms with van der Waals surface area (Å²) in [5.41, 5.74) is 2.02. The lowest BCUT2D eigenvalue weighted by atomic mass is 10.1. The van der Waals surface area contributed by atoms with Crippen LogP contribution in [0.2, 0.25) is 0 Å². The average molecular weight is 331 g/mol. The molecule has 1 aromatic carbocycles. The minimum absolute atomic E-state index is 0.343. The first kappa shape index (κ1) is 16.7. The van der Waals surface area contributed by atoms with Crippen molar-refractivity contribution in [2.24, 2.45) is 0 Å². The molecule has 0 saturated carbocycles. The standard InChI is InChI=1S/C15H23ClN2O2S/c1-3-13-5-6-15(11-14(13)12-16)21(19,20)18-9-7-17(4-2)8-10-18/h5-6,11H,3-4,7-10,12H2,1-2H3. The largest absolute Gasteiger partial charge is 0.301 e. The summed E-state index contributed by atoms with van der Waals surface area (Å²) in [7, 11) is -3.40. The SMILES string of the molecule is CCc1ccc(S(=O)(=O)N2CCN(CC)CC2)cc1CCl. The van der Waals surface area contributed by atoms with E-state index in [4.69, 9.17) is 11.6 Å². The molecule has 1 heterocycles. The number of nitrogens with zero attached hydrogens (tertiary/aromatic N) is 2. The van der Waals surface area contributed by atoms with Crippen LogP contribution in [0.25, 0.3) is 0 Å². The molecular weight excluding hydrogens is 308 g/mol. The van der Waals surface area contributed by atoms with E-state index in [1.807, 2.05) is 13.0 Å². The Morgan fingerprint density at radius 2 is 1.76 bits per heavy atom. The third-order valence-corrected chi connectivity index (χ3v) is 6.30. The van der Waals surface area contributed by atoms with Crippen molar-refractivity contribution in [2.45, 2.75) is 31.0 Å². The maximum atomic E-state index is 12.7. The van der Waals surface area contributed by atoms with Crippen molar-refractivity contribution >= 4 is 21.6 Å². The maximum absolute atomic E-state index is 12.7. The van der Waals surface area contributed by atoms with E-state index in [1.54, 1.807) is 16.4 Å². The van der Waals surface area contributed by atoms with Gasteiger partial charge in [-0.15, -0.1) is 11.6 Å². The van der Waals surface area contributed by atoms with E-state index >= 15 is 0 Å². The third-order valence-electron chi connectivity index (χ3n) is 4.12. The molecule has 2 rings (SSSR count). The summed E-state index contributed by atoms with van der Waals surface area (Å²) < 4.78 is 27.0. The molecule has 1 aliphatic heterocycles. The lowest BCUT2D eigenvalue weighted by Crippen LogP contribution is -2.48. The summed E-state index contributed by atoms with van der Waals surface area (Å²) >= 11 is 5.94. The second-order valence-electron chi connectivity index (χ2n) is 5.26. The lowest BCUT2D eigenvalue weighted by Gasteiger charge is -2.33. The van der Waals surface area contributed by atoms with Gasteiger partial charge in [-0.05, 0) is 36.2 Å². The first-order valence-electron chi connectivity index (χ1n) is 7.43. The zero-order valence-electron chi connectivity index (χ0n) is 12.7. The van der Waals surface area contributed by atoms with Crippen molar-refractivity contribution in [3.05, 3.63) is 29.3 Å². The number of alkyl halides is 1. The number of sulfonamides is 1. The molecule has 0 unspecified atom stereocenters. The van der Waals surface area contributed by atoms with Crippen molar-refractivity contribution in [1.82, 2.24) is 9.21 Å². The summed E-state index contributed by atoms with van der Waals surface area (Å²) in [4.78, 5) is 2.62. The van der Waals surface area contributed by atoms with Gasteiger partial charge in [0.05, 0.1) is 4.90 Å². The van der Waals surface area contributed by atoms with Gasteiger partial charge in [-0.1, -0.05) is 19.9 Å². The van der Waals surface area contributed by atoms with Crippen LogP contribution in [-0.2, 0) is 22.3 Å². The topological polar surface area (TPSA) is 40.6 Å². The summed E-state index contributed by atoms with van der Waals surface area (Å²) in [6.07, 6.45) is 0.859. The quantitative estimate of drug-likeness (QED) is 0.778. The second kappa shape index (κ2) is 7.09. The molecule has 0 aliphatic carbocycles. The molecule has 0 radical (unpaired) electrons. The molecule has 1 saturated heterocycles. The zero-order chi connectivity index (χ0) is 15.5. The molecular formula is C15H23ClN2O2S. The Bertz CT molecular complexity index is 581. The van der Waals surface area contributed by atoms with E-state index in [1.165, 1.54) is 0 Å². The molecule has 1 aliphatic rings. The van der Waals surface area contributed by atoms with Gasteiger partial charge in [-0.25, -0.2) is 8.42 Å². The molecule has 1 aromatic rings. The summed E-state index contributed by atoms with van der Waals surface area (Å²) in [5.74, 6) is 0.343. The van der Waals surface area contributed by atoms with E-state index in [0.29, 0.717) is 23.9 Å². The molecule has 21 heavy (non-hydrogen) atoms. The highest BCUT2D eigenvalue weighted by Crippen LogP contribution is 2.22. The van der Waals surface area contributed by atoms with Gasteiger partial charge in [-0.3, -0.25) is 0 Å². The normalized spacial score (nSPS) is 18.0. The van der Waals surface area contributed by atoms with Crippen molar-refractivity contribution in [3.63, 3.8) is 0 Å². The number of benzene rings is 1. The van der Waals surface area contributed by atoms with Crippen LogP contribution in [0.1, 0.15) is 25.0 Å². The smallest absolute Gasteiger partial charge is 0.243 e. The van der Waals surface area contributed by atoms with Crippen molar-refractivity contribution < 1.29 is 8.42 Å². The number of likely N-dealkylation sites (N-methyl/N-ethyl adjacent to an activating group) is 1. The van der Waals surface area contributed by atoms with Crippen molar-refractivity contribution in [3.8, 4) is 0 Å². The maximum Gasteiger partial charge on any atom is 0.243 e. The van der Waals surface area contributed by atoms with Crippen LogP contribution in [0.3, 0.4) is 0 Å². The fourth-order valence-corrected chi connectivity index (χ4v) is 4.39. The molecule has 0 N–H and O–H groups in total. The number of piperazine rings is 1. The predicted molar refractivity (Wildman–Crippen MR) is 86.2 cm³/mol. The van der Waals surface area contributed by atoms with Crippen molar-refractivity contribution in [2.75, 3.05) is 32.7 Å². The third kappa shape index (κ3) is 3.59. The van der Waals surface area contributed by atoms with Gasteiger partial charge in [0, 0.05) is 32.1 Å². The molecule has 118 valence electrons. The van der Waals surface area contributed by atoms with Gasteiger partial charge in [0.2, 0.25) is 10.0 Å². The Labute approximate surface area is 132 Å². The number of halogens is 1. The Morgan fingerprint density at radius 3 is 2.29 bits per heavy atom. The Kier molecular flexibility index (Phi) is 5.66. The molecule has 0 amide bonds. The zero-order valence-corrected chi connectivity index (χ0v) is 14.3. The molecule has 0 spiro atoms. The van der Waals surface area contributed by atoms with Crippen LogP contribution in [0, 0.1) is 0 Å². The van der Waals surface area contributed by atoms with Crippen LogP contribution in [0.15, 0.2) is 23.1 Å². The highest BCUT2D eigenvalue weighted by Gasteiger charge is 2.28. The number of rotatable bonds is 5. The fraction of sp³-hybridized carbons (Fsp3) is 0.600. The highest BCUT2D eigenvalue weighted by molar-refractivity contribution is 7.89. The van der Waals surface area contributed by atoms with Crippen LogP contribution in [-0.4, -0.2) is 50.3 Å². The highest BCUT2D eigenvalue weighted by atomic mass is 35.5. The van der Waals surface area contributed by atoms with E-state index in [-0.39, 0.29) is 0 Å². The Hall–Kier alpha value is -0.620. The molecule has 6 heteroatoms. The summed E-state index contributed by atoms with van der Waals surface area (Å²) in [6, 6.07) is 5.32. The molecule has 1 fully saturated rings. The van der Waals surface area contributed by atoms with Gasteiger partial charge in [0.15, 0.2) is 0 Å². The van der Waals surface area contributed by atoms with E-state index < -0.39 is 10.0 Å². The van der Waals surface area contributed by atoms with Crippen LogP contribution in [0.5, 0.6) is 0 Å². The Morgan fingerprint density at radius 1 is 1.10 bits per heavy atom. The summed E-state index contributed by atoms with van der Waals surface area (Å²) in [6.45, 7) is 7.82. The predicted octanol–water partition coefficient (Wildman–Crippen LogP) is 2.31. The minimum Gasteiger partial charge on any atom is -0.301 e. The van der Waals surface area contributed by atoms with Crippen LogP contribution in [0.4, 0.5) is 0 Å². The number of hydrogen-bond donors (Lipinski definition) is 0. The fourth-order valence-electron chi connectivity index (χ4n) is 2.67. The molecule has 0 atom stereocenters. The monoisotopic (exact) mass is 330 g/mol. The van der Waals surface area contributed by atoms with Gasteiger partial charge >= 0.3 is 0 Å². The number of aryl methyl sites for hydroxylation is 1. The first-order valence-corrected chi connectivity index (χ1v) is 9.40. The number of hydrogen-bond acceptors (Lipinski definition) is 3. The van der Waals surface area contributed by atoms with Gasteiger partial charge in [0.25, 0.3) is 0 Å². The molecule has 4 nitrogen and oxygen atoms in total. The molecule has 0 bridgehead atoms. The van der Waals surface area contributed by atoms with Gasteiger partial charge in [-0.2, -0.15) is 4.31 Å². The minimum atomic E-state index is -3.40. The van der Waals surface area contributed by atoms with E-state index in [9.17, 15) is 8.42 Å². The Balaban J connectivity index is 2.24. The second-order valence-corrected chi connectivity index (χ2v) is 7.46. The van der Waals surface area contributed by atoms with E-state index in [2.05, 4.69) is 11.8 Å². The van der Waals surface area contributed by atoms with Gasteiger partial charge in [0.1, 0.15) is 0 Å². The lowest BCUT2D eigenvalue weighted by molar-refractivity contribution is 0.196. The van der Waals surface area contributed by atoms with Crippen molar-refractivity contribution in [1.29, 1.82) is 0 Å². The van der Waals surface area contributed by atoms with Crippen LogP contribution < -0.4 is 0 Å². The average Bonchev–Trinajstić information content (AvgIpc) is 2.54. The van der Waals surface area contributed by atoms with Crippen LogP contribution >= 0.6 is 11.6 Å². The first-order chi connectivity index (χ1) is 10.0. The summed E-state index contributed by atoms with van der Waals surface area (Å²) in [5, 5.41) is 0. The molecule has 0 aromatic heterocycles. The van der Waals surface area contributed by atoms with E-state index in [0.717, 1.165) is 37.2 Å².